The average molecular weight is 230 g/mol. The van der Waals surface area contributed by atoms with Crippen LogP contribution >= 0.6 is 23.2 Å². The molecule has 0 fully saturated rings. The zero-order valence-electron chi connectivity index (χ0n) is 7.39. The number of amides is 1. The van der Waals surface area contributed by atoms with Crippen molar-refractivity contribution in [2.24, 2.45) is 0 Å². The van der Waals surface area contributed by atoms with E-state index in [1.54, 1.807) is 24.3 Å². The Morgan fingerprint density at radius 2 is 2.21 bits per heavy atom. The molecule has 0 aliphatic rings. The fourth-order valence-electron chi connectivity index (χ4n) is 0.939. The van der Waals surface area contributed by atoms with Crippen LogP contribution in [0.5, 0.6) is 0 Å². The Bertz CT molecular complexity index is 363. The largest absolute Gasteiger partial charge is 0.349 e. The zero-order chi connectivity index (χ0) is 10.6. The van der Waals surface area contributed by atoms with E-state index in [-0.39, 0.29) is 10.9 Å². The van der Waals surface area contributed by atoms with Gasteiger partial charge in [-0.15, -0.1) is 6.58 Å². The van der Waals surface area contributed by atoms with E-state index in [4.69, 9.17) is 23.2 Å². The maximum absolute atomic E-state index is 11.5. The fourth-order valence-corrected chi connectivity index (χ4v) is 1.33. The maximum atomic E-state index is 11.5. The van der Waals surface area contributed by atoms with Crippen molar-refractivity contribution in [3.8, 4) is 0 Å². The van der Waals surface area contributed by atoms with E-state index in [0.29, 0.717) is 17.1 Å². The Morgan fingerprint density at radius 3 is 2.86 bits per heavy atom. The molecule has 1 aromatic rings. The fraction of sp³-hybridized carbons (Fsp3) is 0.100. The Hall–Kier alpha value is -0.990. The molecular weight excluding hydrogens is 221 g/mol. The molecule has 0 saturated carbocycles. The van der Waals surface area contributed by atoms with Crippen LogP contribution in [0.2, 0.25) is 10.0 Å². The average Bonchev–Trinajstić information content (AvgIpc) is 2.18. The summed E-state index contributed by atoms with van der Waals surface area (Å²) in [6, 6.07) is 4.93. The third-order valence-electron chi connectivity index (χ3n) is 1.60. The number of carbonyl (C=O) groups is 1. The second kappa shape index (κ2) is 5.03. The summed E-state index contributed by atoms with van der Waals surface area (Å²) >= 11 is 11.6. The van der Waals surface area contributed by atoms with Crippen LogP contribution in [-0.4, -0.2) is 12.5 Å². The van der Waals surface area contributed by atoms with Gasteiger partial charge in [-0.25, -0.2) is 0 Å². The van der Waals surface area contributed by atoms with Gasteiger partial charge in [-0.05, 0) is 12.1 Å². The topological polar surface area (TPSA) is 29.1 Å². The van der Waals surface area contributed by atoms with Gasteiger partial charge in [0.15, 0.2) is 0 Å². The van der Waals surface area contributed by atoms with E-state index in [9.17, 15) is 4.79 Å². The Balaban J connectivity index is 2.89. The molecule has 0 spiro atoms. The highest BCUT2D eigenvalue weighted by Gasteiger charge is 2.10. The quantitative estimate of drug-likeness (QED) is 0.794. The first-order valence-corrected chi connectivity index (χ1v) is 4.75. The molecule has 0 atom stereocenters. The Kier molecular flexibility index (Phi) is 3.98. The van der Waals surface area contributed by atoms with Crippen molar-refractivity contribution < 1.29 is 4.79 Å². The van der Waals surface area contributed by atoms with Crippen LogP contribution in [0, 0.1) is 0 Å². The summed E-state index contributed by atoms with van der Waals surface area (Å²) in [5.74, 6) is -0.252. The Labute approximate surface area is 92.5 Å². The van der Waals surface area contributed by atoms with Crippen LogP contribution in [-0.2, 0) is 0 Å². The van der Waals surface area contributed by atoms with Gasteiger partial charge in [0.05, 0.1) is 15.6 Å². The lowest BCUT2D eigenvalue weighted by molar-refractivity contribution is 0.0958. The molecule has 1 aromatic carbocycles. The third kappa shape index (κ3) is 2.50. The molecule has 0 unspecified atom stereocenters. The first-order chi connectivity index (χ1) is 6.66. The molecule has 14 heavy (non-hydrogen) atoms. The van der Waals surface area contributed by atoms with E-state index in [0.717, 1.165) is 0 Å². The lowest BCUT2D eigenvalue weighted by Crippen LogP contribution is -2.23. The lowest BCUT2D eigenvalue weighted by Gasteiger charge is -2.05. The minimum Gasteiger partial charge on any atom is -0.349 e. The first-order valence-electron chi connectivity index (χ1n) is 4.00. The van der Waals surface area contributed by atoms with Gasteiger partial charge in [0.2, 0.25) is 0 Å². The number of halogens is 2. The predicted molar refractivity (Wildman–Crippen MR) is 59.0 cm³/mol. The van der Waals surface area contributed by atoms with Crippen LogP contribution in [0.1, 0.15) is 10.4 Å². The van der Waals surface area contributed by atoms with Gasteiger partial charge in [-0.3, -0.25) is 4.79 Å². The molecule has 0 bridgehead atoms. The van der Waals surface area contributed by atoms with Crippen molar-refractivity contribution in [2.45, 2.75) is 0 Å². The van der Waals surface area contributed by atoms with Crippen molar-refractivity contribution in [1.82, 2.24) is 5.32 Å². The minimum absolute atomic E-state index is 0.252. The van der Waals surface area contributed by atoms with E-state index >= 15 is 0 Å². The highest BCUT2D eigenvalue weighted by Crippen LogP contribution is 2.25. The van der Waals surface area contributed by atoms with Crippen molar-refractivity contribution in [2.75, 3.05) is 6.54 Å². The summed E-state index contributed by atoms with van der Waals surface area (Å²) in [5, 5.41) is 3.26. The van der Waals surface area contributed by atoms with Gasteiger partial charge in [0, 0.05) is 6.54 Å². The maximum Gasteiger partial charge on any atom is 0.253 e. The van der Waals surface area contributed by atoms with E-state index in [1.807, 2.05) is 0 Å². The summed E-state index contributed by atoms with van der Waals surface area (Å²) in [6.45, 7) is 3.90. The van der Waals surface area contributed by atoms with Crippen LogP contribution in [0.4, 0.5) is 0 Å². The predicted octanol–water partition coefficient (Wildman–Crippen LogP) is 2.91. The molecule has 2 nitrogen and oxygen atoms in total. The molecule has 74 valence electrons. The van der Waals surface area contributed by atoms with Crippen molar-refractivity contribution >= 4 is 29.1 Å². The van der Waals surface area contributed by atoms with Gasteiger partial charge >= 0.3 is 0 Å². The smallest absolute Gasteiger partial charge is 0.253 e. The Morgan fingerprint density at radius 1 is 1.50 bits per heavy atom. The SMILES string of the molecule is C=CCNC(=O)c1cccc(Cl)c1Cl. The number of hydrogen-bond acceptors (Lipinski definition) is 1. The number of hydrogen-bond donors (Lipinski definition) is 1. The summed E-state index contributed by atoms with van der Waals surface area (Å²) in [5.41, 5.74) is 0.376. The molecule has 0 heterocycles. The zero-order valence-corrected chi connectivity index (χ0v) is 8.90. The summed E-state index contributed by atoms with van der Waals surface area (Å²) in [6.07, 6.45) is 1.59. The molecule has 1 amide bonds. The summed E-state index contributed by atoms with van der Waals surface area (Å²) < 4.78 is 0. The standard InChI is InChI=1S/C10H9Cl2NO/c1-2-6-13-10(14)7-4-3-5-8(11)9(7)12/h2-5H,1,6H2,(H,13,14). The highest BCUT2D eigenvalue weighted by molar-refractivity contribution is 6.43. The number of rotatable bonds is 3. The second-order valence-corrected chi connectivity index (χ2v) is 3.39. The molecule has 4 heteroatoms. The van der Waals surface area contributed by atoms with Crippen LogP contribution < -0.4 is 5.32 Å². The molecule has 0 aromatic heterocycles. The number of benzene rings is 1. The first kappa shape index (κ1) is 11.1. The lowest BCUT2D eigenvalue weighted by atomic mass is 10.2. The number of carbonyl (C=O) groups excluding carboxylic acids is 1. The second-order valence-electron chi connectivity index (χ2n) is 2.60. The van der Waals surface area contributed by atoms with E-state index in [1.165, 1.54) is 0 Å². The van der Waals surface area contributed by atoms with Gasteiger partial charge in [-0.1, -0.05) is 35.3 Å². The normalized spacial score (nSPS) is 9.57. The van der Waals surface area contributed by atoms with Crippen LogP contribution in [0.3, 0.4) is 0 Å². The van der Waals surface area contributed by atoms with Crippen LogP contribution in [0.15, 0.2) is 30.9 Å². The molecule has 0 aliphatic heterocycles. The van der Waals surface area contributed by atoms with Crippen molar-refractivity contribution in [3.05, 3.63) is 46.5 Å². The van der Waals surface area contributed by atoms with Crippen LogP contribution in [0.25, 0.3) is 0 Å². The summed E-state index contributed by atoms with van der Waals surface area (Å²) in [4.78, 5) is 11.5. The minimum atomic E-state index is -0.252. The van der Waals surface area contributed by atoms with Gasteiger partial charge in [-0.2, -0.15) is 0 Å². The molecular formula is C10H9Cl2NO. The van der Waals surface area contributed by atoms with E-state index < -0.39 is 0 Å². The monoisotopic (exact) mass is 229 g/mol. The van der Waals surface area contributed by atoms with Crippen molar-refractivity contribution in [1.29, 1.82) is 0 Å². The summed E-state index contributed by atoms with van der Waals surface area (Å²) in [7, 11) is 0. The molecule has 1 rings (SSSR count). The van der Waals surface area contributed by atoms with Gasteiger partial charge in [0.25, 0.3) is 5.91 Å². The number of nitrogens with one attached hydrogen (secondary N) is 1. The van der Waals surface area contributed by atoms with Gasteiger partial charge in [0.1, 0.15) is 0 Å². The third-order valence-corrected chi connectivity index (χ3v) is 2.42. The molecule has 1 N–H and O–H groups in total. The molecule has 0 radical (unpaired) electrons. The van der Waals surface area contributed by atoms with Crippen molar-refractivity contribution in [3.63, 3.8) is 0 Å². The van der Waals surface area contributed by atoms with E-state index in [2.05, 4.69) is 11.9 Å². The molecule has 0 saturated heterocycles. The van der Waals surface area contributed by atoms with Gasteiger partial charge < -0.3 is 5.32 Å². The highest BCUT2D eigenvalue weighted by atomic mass is 35.5. The molecule has 0 aliphatic carbocycles.